The number of aromatic hydroxyl groups is 1. The van der Waals surface area contributed by atoms with Gasteiger partial charge in [0.05, 0.1) is 12.4 Å². The molecule has 5 heteroatoms. The summed E-state index contributed by atoms with van der Waals surface area (Å²) in [6.07, 6.45) is 7.97. The maximum absolute atomic E-state index is 9.23. The lowest BCUT2D eigenvalue weighted by Crippen LogP contribution is -2.36. The van der Waals surface area contributed by atoms with Crippen molar-refractivity contribution in [1.82, 2.24) is 15.3 Å². The van der Waals surface area contributed by atoms with Gasteiger partial charge < -0.3 is 15.2 Å². The molecule has 1 aliphatic rings. The molecule has 3 rings (SSSR count). The number of nitrogens with one attached hydrogen (secondary N) is 1. The quantitative estimate of drug-likeness (QED) is 0.904. The summed E-state index contributed by atoms with van der Waals surface area (Å²) < 4.78 is 5.63. The summed E-state index contributed by atoms with van der Waals surface area (Å²) in [6, 6.07) is 7.06. The van der Waals surface area contributed by atoms with Crippen LogP contribution in [0.3, 0.4) is 0 Å². The molecular formula is C16H19N3O2. The van der Waals surface area contributed by atoms with Crippen LogP contribution in [0.15, 0.2) is 36.7 Å². The van der Waals surface area contributed by atoms with Crippen LogP contribution in [0.25, 0.3) is 0 Å². The first-order valence-corrected chi connectivity index (χ1v) is 7.31. The van der Waals surface area contributed by atoms with Gasteiger partial charge in [0.15, 0.2) is 5.75 Å². The Balaban J connectivity index is 1.59. The average Bonchev–Trinajstić information content (AvgIpc) is 2.53. The summed E-state index contributed by atoms with van der Waals surface area (Å²) in [5, 5.41) is 12.7. The van der Waals surface area contributed by atoms with Crippen molar-refractivity contribution in [3.8, 4) is 17.2 Å². The Labute approximate surface area is 124 Å². The van der Waals surface area contributed by atoms with Crippen molar-refractivity contribution in [2.24, 2.45) is 0 Å². The monoisotopic (exact) mass is 285 g/mol. The predicted molar refractivity (Wildman–Crippen MR) is 79.6 cm³/mol. The number of hydrogen-bond acceptors (Lipinski definition) is 5. The number of piperidine rings is 1. The minimum atomic E-state index is 0.217. The number of aromatic nitrogens is 2. The first-order valence-electron chi connectivity index (χ1n) is 7.31. The summed E-state index contributed by atoms with van der Waals surface area (Å²) in [4.78, 5) is 8.72. The number of hydrogen-bond donors (Lipinski definition) is 2. The fourth-order valence-electron chi connectivity index (χ4n) is 2.47. The van der Waals surface area contributed by atoms with Gasteiger partial charge in [0.2, 0.25) is 0 Å². The van der Waals surface area contributed by atoms with Gasteiger partial charge in [-0.2, -0.15) is 0 Å². The molecule has 21 heavy (non-hydrogen) atoms. The van der Waals surface area contributed by atoms with E-state index >= 15 is 0 Å². The van der Waals surface area contributed by atoms with Crippen LogP contribution >= 0.6 is 0 Å². The molecule has 2 N–H and O–H groups in total. The molecule has 1 aromatic carbocycles. The highest BCUT2D eigenvalue weighted by Gasteiger charge is 2.14. The summed E-state index contributed by atoms with van der Waals surface area (Å²) in [5.74, 6) is 2.31. The second-order valence-corrected chi connectivity index (χ2v) is 5.28. The maximum atomic E-state index is 9.23. The first kappa shape index (κ1) is 13.8. The van der Waals surface area contributed by atoms with E-state index in [1.807, 2.05) is 0 Å². The molecule has 0 bridgehead atoms. The van der Waals surface area contributed by atoms with Crippen LogP contribution in [-0.2, 0) is 6.42 Å². The fourth-order valence-corrected chi connectivity index (χ4v) is 2.47. The third-order valence-electron chi connectivity index (χ3n) is 3.60. The summed E-state index contributed by atoms with van der Waals surface area (Å²) in [5.41, 5.74) is 0. The molecule has 0 radical (unpaired) electrons. The van der Waals surface area contributed by atoms with Crippen LogP contribution < -0.4 is 10.1 Å². The van der Waals surface area contributed by atoms with Crippen LogP contribution in [0, 0.1) is 0 Å². The molecule has 1 fully saturated rings. The molecule has 1 aliphatic heterocycles. The highest BCUT2D eigenvalue weighted by atomic mass is 16.5. The number of phenolic OH excluding ortho intramolecular Hbond substituents is 1. The second-order valence-electron chi connectivity index (χ2n) is 5.28. The molecule has 0 amide bonds. The Hall–Kier alpha value is -2.14. The zero-order valence-corrected chi connectivity index (χ0v) is 11.8. The SMILES string of the molecule is Oc1ccc(Oc2cnc(CC3CCCCN3)nc2)cc1. The van der Waals surface area contributed by atoms with Crippen molar-refractivity contribution in [1.29, 1.82) is 0 Å². The van der Waals surface area contributed by atoms with Gasteiger partial charge in [0.25, 0.3) is 0 Å². The fraction of sp³-hybridized carbons (Fsp3) is 0.375. The molecule has 5 nitrogen and oxygen atoms in total. The topological polar surface area (TPSA) is 67.3 Å². The predicted octanol–water partition coefficient (Wildman–Crippen LogP) is 2.66. The minimum absolute atomic E-state index is 0.217. The van der Waals surface area contributed by atoms with Gasteiger partial charge in [-0.15, -0.1) is 0 Å². The lowest BCUT2D eigenvalue weighted by atomic mass is 10.0. The summed E-state index contributed by atoms with van der Waals surface area (Å²) in [7, 11) is 0. The molecule has 1 atom stereocenters. The Bertz CT molecular complexity index is 563. The van der Waals surface area contributed by atoms with Crippen molar-refractivity contribution in [2.45, 2.75) is 31.7 Å². The number of benzene rings is 1. The van der Waals surface area contributed by atoms with Crippen molar-refractivity contribution < 1.29 is 9.84 Å². The van der Waals surface area contributed by atoms with E-state index in [2.05, 4.69) is 15.3 Å². The Morgan fingerprint density at radius 2 is 1.86 bits per heavy atom. The zero-order chi connectivity index (χ0) is 14.5. The van der Waals surface area contributed by atoms with Gasteiger partial charge in [-0.25, -0.2) is 9.97 Å². The normalized spacial score (nSPS) is 18.4. The van der Waals surface area contributed by atoms with Crippen LogP contribution in [0.1, 0.15) is 25.1 Å². The molecular weight excluding hydrogens is 266 g/mol. The van der Waals surface area contributed by atoms with Crippen LogP contribution in [0.5, 0.6) is 17.2 Å². The third kappa shape index (κ3) is 3.92. The van der Waals surface area contributed by atoms with Crippen molar-refractivity contribution in [2.75, 3.05) is 6.54 Å². The van der Waals surface area contributed by atoms with Crippen LogP contribution in [0.2, 0.25) is 0 Å². The van der Waals surface area contributed by atoms with Crippen LogP contribution in [-0.4, -0.2) is 27.7 Å². The van der Waals surface area contributed by atoms with Gasteiger partial charge in [0, 0.05) is 12.5 Å². The maximum Gasteiger partial charge on any atom is 0.164 e. The van der Waals surface area contributed by atoms with Crippen LogP contribution in [0.4, 0.5) is 0 Å². The van der Waals surface area contributed by atoms with Crippen molar-refractivity contribution in [3.63, 3.8) is 0 Å². The molecule has 1 aromatic heterocycles. The standard InChI is InChI=1S/C16H19N3O2/c20-13-4-6-14(7-5-13)21-15-10-18-16(19-11-15)9-12-3-1-2-8-17-12/h4-7,10-12,17,20H,1-3,8-9H2. The number of rotatable bonds is 4. The molecule has 2 heterocycles. The van der Waals surface area contributed by atoms with Gasteiger partial charge in [-0.1, -0.05) is 6.42 Å². The van der Waals surface area contributed by atoms with Gasteiger partial charge >= 0.3 is 0 Å². The largest absolute Gasteiger partial charge is 0.508 e. The molecule has 0 aliphatic carbocycles. The summed E-state index contributed by atoms with van der Waals surface area (Å²) in [6.45, 7) is 1.09. The van der Waals surface area contributed by atoms with E-state index < -0.39 is 0 Å². The lowest BCUT2D eigenvalue weighted by Gasteiger charge is -2.22. The summed E-state index contributed by atoms with van der Waals surface area (Å²) >= 11 is 0. The Morgan fingerprint density at radius 1 is 1.10 bits per heavy atom. The Morgan fingerprint density at radius 3 is 2.52 bits per heavy atom. The number of nitrogens with zero attached hydrogens (tertiary/aromatic N) is 2. The van der Waals surface area contributed by atoms with E-state index in [-0.39, 0.29) is 5.75 Å². The van der Waals surface area contributed by atoms with Gasteiger partial charge in [-0.3, -0.25) is 0 Å². The van der Waals surface area contributed by atoms with Crippen molar-refractivity contribution in [3.05, 3.63) is 42.5 Å². The number of ether oxygens (including phenoxy) is 1. The Kier molecular flexibility index (Phi) is 4.31. The molecule has 0 saturated carbocycles. The second kappa shape index (κ2) is 6.54. The average molecular weight is 285 g/mol. The van der Waals surface area contributed by atoms with Gasteiger partial charge in [-0.05, 0) is 43.7 Å². The van der Waals surface area contributed by atoms with E-state index in [1.54, 1.807) is 36.7 Å². The highest BCUT2D eigenvalue weighted by molar-refractivity contribution is 5.33. The highest BCUT2D eigenvalue weighted by Crippen LogP contribution is 2.22. The smallest absolute Gasteiger partial charge is 0.164 e. The van der Waals surface area contributed by atoms with E-state index in [0.29, 0.717) is 17.5 Å². The van der Waals surface area contributed by atoms with Crippen molar-refractivity contribution >= 4 is 0 Å². The minimum Gasteiger partial charge on any atom is -0.508 e. The number of phenols is 1. The van der Waals surface area contributed by atoms with Gasteiger partial charge in [0.1, 0.15) is 17.3 Å². The van der Waals surface area contributed by atoms with E-state index in [9.17, 15) is 5.11 Å². The lowest BCUT2D eigenvalue weighted by molar-refractivity contribution is 0.393. The van der Waals surface area contributed by atoms with E-state index in [0.717, 1.165) is 18.8 Å². The third-order valence-corrected chi connectivity index (χ3v) is 3.60. The zero-order valence-electron chi connectivity index (χ0n) is 11.8. The molecule has 110 valence electrons. The first-order chi connectivity index (χ1) is 10.3. The van der Waals surface area contributed by atoms with E-state index in [4.69, 9.17) is 4.74 Å². The molecule has 0 spiro atoms. The van der Waals surface area contributed by atoms with E-state index in [1.165, 1.54) is 19.3 Å². The molecule has 2 aromatic rings. The molecule has 1 unspecified atom stereocenters. The molecule has 1 saturated heterocycles.